The first-order chi connectivity index (χ1) is 10.9. The summed E-state index contributed by atoms with van der Waals surface area (Å²) in [5.74, 6) is 0.581. The largest absolute Gasteiger partial charge is 0.491 e. The Hall–Kier alpha value is -1.82. The lowest BCUT2D eigenvalue weighted by Gasteiger charge is -2.24. The van der Waals surface area contributed by atoms with Crippen molar-refractivity contribution in [1.82, 2.24) is 10.6 Å². The molecule has 0 bridgehead atoms. The molecule has 0 saturated heterocycles. The number of aliphatic imine (C=N–C) groups is 1. The van der Waals surface area contributed by atoms with Gasteiger partial charge in [0.15, 0.2) is 17.5 Å². The van der Waals surface area contributed by atoms with Gasteiger partial charge in [-0.25, -0.2) is 9.38 Å². The van der Waals surface area contributed by atoms with Crippen molar-refractivity contribution in [3.63, 3.8) is 0 Å². The fraction of sp³-hybridized carbons (Fsp3) is 0.588. The molecule has 1 aromatic carbocycles. The first kappa shape index (κ1) is 19.2. The Balaban J connectivity index is 2.71. The van der Waals surface area contributed by atoms with Gasteiger partial charge in [-0.05, 0) is 45.4 Å². The van der Waals surface area contributed by atoms with E-state index in [1.807, 2.05) is 33.8 Å². The van der Waals surface area contributed by atoms with Crippen LogP contribution in [-0.2, 0) is 11.3 Å². The fourth-order valence-corrected chi connectivity index (χ4v) is 1.80. The van der Waals surface area contributed by atoms with Gasteiger partial charge in [0.2, 0.25) is 0 Å². The molecular formula is C17H28FN3O2. The Morgan fingerprint density at radius 2 is 2.00 bits per heavy atom. The molecule has 0 atom stereocenters. The molecule has 130 valence electrons. The number of methoxy groups -OCH3 is 1. The number of ether oxygens (including phenoxy) is 2. The van der Waals surface area contributed by atoms with Gasteiger partial charge in [0.25, 0.3) is 0 Å². The molecule has 0 amide bonds. The van der Waals surface area contributed by atoms with Crippen LogP contribution in [0, 0.1) is 5.82 Å². The lowest BCUT2D eigenvalue weighted by molar-refractivity contribution is 0.0268. The Morgan fingerprint density at radius 3 is 2.57 bits per heavy atom. The minimum absolute atomic E-state index is 0.270. The van der Waals surface area contributed by atoms with Crippen LogP contribution in [-0.4, -0.2) is 38.4 Å². The van der Waals surface area contributed by atoms with Gasteiger partial charge >= 0.3 is 0 Å². The number of halogens is 1. The molecule has 0 unspecified atom stereocenters. The monoisotopic (exact) mass is 325 g/mol. The van der Waals surface area contributed by atoms with E-state index in [9.17, 15) is 4.39 Å². The van der Waals surface area contributed by atoms with Crippen molar-refractivity contribution in [2.75, 3.05) is 26.8 Å². The molecule has 0 radical (unpaired) electrons. The highest BCUT2D eigenvalue weighted by Gasteiger charge is 2.16. The average Bonchev–Trinajstić information content (AvgIpc) is 2.52. The van der Waals surface area contributed by atoms with Gasteiger partial charge in [-0.15, -0.1) is 0 Å². The third kappa shape index (κ3) is 6.86. The zero-order chi connectivity index (χ0) is 17.3. The number of nitrogens with zero attached hydrogens (tertiary/aromatic N) is 1. The molecule has 2 N–H and O–H groups in total. The number of rotatable bonds is 8. The molecule has 5 nitrogen and oxygen atoms in total. The predicted octanol–water partition coefficient (Wildman–Crippen LogP) is 2.70. The van der Waals surface area contributed by atoms with E-state index in [2.05, 4.69) is 15.6 Å². The predicted molar refractivity (Wildman–Crippen MR) is 91.5 cm³/mol. The van der Waals surface area contributed by atoms with Gasteiger partial charge in [-0.2, -0.15) is 0 Å². The lowest BCUT2D eigenvalue weighted by atomic mass is 10.1. The maximum absolute atomic E-state index is 13.8. The minimum Gasteiger partial charge on any atom is -0.491 e. The van der Waals surface area contributed by atoms with Crippen molar-refractivity contribution in [3.8, 4) is 5.75 Å². The summed E-state index contributed by atoms with van der Waals surface area (Å²) in [6, 6.07) is 4.91. The summed E-state index contributed by atoms with van der Waals surface area (Å²) in [6.45, 7) is 9.99. The summed E-state index contributed by atoms with van der Waals surface area (Å²) >= 11 is 0. The number of nitrogens with one attached hydrogen (secondary N) is 2. The van der Waals surface area contributed by atoms with E-state index in [4.69, 9.17) is 9.47 Å². The van der Waals surface area contributed by atoms with Crippen molar-refractivity contribution >= 4 is 5.96 Å². The topological polar surface area (TPSA) is 54.9 Å². The molecule has 0 aromatic heterocycles. The van der Waals surface area contributed by atoms with E-state index in [1.54, 1.807) is 13.2 Å². The Labute approximate surface area is 138 Å². The van der Waals surface area contributed by atoms with Crippen LogP contribution in [0.15, 0.2) is 23.2 Å². The van der Waals surface area contributed by atoms with Crippen LogP contribution in [0.25, 0.3) is 0 Å². The molecule has 0 aliphatic heterocycles. The second-order valence-electron chi connectivity index (χ2n) is 5.71. The van der Waals surface area contributed by atoms with Crippen LogP contribution in [0.2, 0.25) is 0 Å². The molecule has 0 heterocycles. The first-order valence-electron chi connectivity index (χ1n) is 7.90. The summed E-state index contributed by atoms with van der Waals surface area (Å²) in [4.78, 5) is 4.47. The zero-order valence-corrected chi connectivity index (χ0v) is 14.7. The summed E-state index contributed by atoms with van der Waals surface area (Å²) in [5, 5.41) is 6.38. The summed E-state index contributed by atoms with van der Waals surface area (Å²) in [6.07, 6.45) is 0. The third-order valence-electron chi connectivity index (χ3n) is 3.29. The number of guanidine groups is 1. The highest BCUT2D eigenvalue weighted by atomic mass is 19.1. The molecule has 0 aliphatic rings. The van der Waals surface area contributed by atoms with E-state index in [0.29, 0.717) is 25.7 Å². The molecule has 0 saturated carbocycles. The van der Waals surface area contributed by atoms with Gasteiger partial charge in [-0.3, -0.25) is 0 Å². The van der Waals surface area contributed by atoms with Gasteiger partial charge < -0.3 is 20.1 Å². The van der Waals surface area contributed by atoms with E-state index in [0.717, 1.165) is 12.1 Å². The second-order valence-corrected chi connectivity index (χ2v) is 5.71. The van der Waals surface area contributed by atoms with Crippen molar-refractivity contribution in [1.29, 1.82) is 0 Å². The summed E-state index contributed by atoms with van der Waals surface area (Å²) < 4.78 is 24.4. The Morgan fingerprint density at radius 1 is 1.26 bits per heavy atom. The fourth-order valence-electron chi connectivity index (χ4n) is 1.80. The SMILES string of the molecule is CCNC(=NCc1ccc(OCC)c(F)c1)NCC(C)(C)OC. The number of hydrogen-bond acceptors (Lipinski definition) is 3. The molecule has 0 fully saturated rings. The van der Waals surface area contributed by atoms with Crippen LogP contribution in [0.5, 0.6) is 5.75 Å². The lowest BCUT2D eigenvalue weighted by Crippen LogP contribution is -2.45. The highest BCUT2D eigenvalue weighted by molar-refractivity contribution is 5.79. The highest BCUT2D eigenvalue weighted by Crippen LogP contribution is 2.18. The van der Waals surface area contributed by atoms with Crippen LogP contribution >= 0.6 is 0 Å². The molecule has 23 heavy (non-hydrogen) atoms. The summed E-state index contributed by atoms with van der Waals surface area (Å²) in [7, 11) is 1.68. The third-order valence-corrected chi connectivity index (χ3v) is 3.29. The van der Waals surface area contributed by atoms with Gasteiger partial charge in [-0.1, -0.05) is 6.07 Å². The molecule has 0 aliphatic carbocycles. The van der Waals surface area contributed by atoms with E-state index in [1.165, 1.54) is 6.07 Å². The van der Waals surface area contributed by atoms with E-state index >= 15 is 0 Å². The molecular weight excluding hydrogens is 297 g/mol. The van der Waals surface area contributed by atoms with E-state index in [-0.39, 0.29) is 17.2 Å². The normalized spacial score (nSPS) is 12.2. The zero-order valence-electron chi connectivity index (χ0n) is 14.7. The molecule has 0 spiro atoms. The maximum Gasteiger partial charge on any atom is 0.191 e. The Bertz CT molecular complexity index is 519. The van der Waals surface area contributed by atoms with Crippen molar-refractivity contribution in [2.45, 2.75) is 39.8 Å². The van der Waals surface area contributed by atoms with Crippen LogP contribution in [0.1, 0.15) is 33.3 Å². The average molecular weight is 325 g/mol. The minimum atomic E-state index is -0.363. The second kappa shape index (κ2) is 9.35. The van der Waals surface area contributed by atoms with Crippen LogP contribution in [0.3, 0.4) is 0 Å². The van der Waals surface area contributed by atoms with Gasteiger partial charge in [0.05, 0.1) is 18.8 Å². The first-order valence-corrected chi connectivity index (χ1v) is 7.90. The molecule has 6 heteroatoms. The van der Waals surface area contributed by atoms with Crippen molar-refractivity contribution < 1.29 is 13.9 Å². The van der Waals surface area contributed by atoms with Crippen molar-refractivity contribution in [3.05, 3.63) is 29.6 Å². The van der Waals surface area contributed by atoms with Crippen molar-refractivity contribution in [2.24, 2.45) is 4.99 Å². The van der Waals surface area contributed by atoms with Gasteiger partial charge in [0.1, 0.15) is 0 Å². The standard InChI is InChI=1S/C17H28FN3O2/c1-6-19-16(21-12-17(3,4)22-5)20-11-13-8-9-15(23-7-2)14(18)10-13/h8-10H,6-7,11-12H2,1-5H3,(H2,19,20,21). The van der Waals surface area contributed by atoms with E-state index < -0.39 is 0 Å². The van der Waals surface area contributed by atoms with Crippen LogP contribution in [0.4, 0.5) is 4.39 Å². The number of hydrogen-bond donors (Lipinski definition) is 2. The molecule has 1 aromatic rings. The van der Waals surface area contributed by atoms with Crippen LogP contribution < -0.4 is 15.4 Å². The van der Waals surface area contributed by atoms with Gasteiger partial charge in [0, 0.05) is 20.2 Å². The maximum atomic E-state index is 13.8. The Kier molecular flexibility index (Phi) is 7.81. The number of benzene rings is 1. The summed E-state index contributed by atoms with van der Waals surface area (Å²) in [5.41, 5.74) is 0.496. The smallest absolute Gasteiger partial charge is 0.191 e. The molecule has 1 rings (SSSR count). The quantitative estimate of drug-likeness (QED) is 0.570.